The van der Waals surface area contributed by atoms with E-state index < -0.39 is 11.8 Å². The monoisotopic (exact) mass is 238 g/mol. The van der Waals surface area contributed by atoms with Crippen LogP contribution < -0.4 is 11.1 Å². The molecule has 8 heteroatoms. The molecule has 92 valence electrons. The molecular weight excluding hydrogens is 224 g/mol. The summed E-state index contributed by atoms with van der Waals surface area (Å²) in [6.07, 6.45) is 1.62. The first kappa shape index (κ1) is 11.5. The standard InChI is InChI=1S/C9H14N6O2/c10-1-2-11-8(16)9(17)14-3-4-15-6-12-13-7(15)5-14/h6H,1-5,10H2,(H,11,16). The fourth-order valence-corrected chi connectivity index (χ4v) is 1.64. The van der Waals surface area contributed by atoms with Crippen molar-refractivity contribution in [3.05, 3.63) is 12.2 Å². The first-order valence-electron chi connectivity index (χ1n) is 5.36. The summed E-state index contributed by atoms with van der Waals surface area (Å²) >= 11 is 0. The average molecular weight is 238 g/mol. The molecule has 1 aromatic rings. The van der Waals surface area contributed by atoms with Crippen LogP contribution >= 0.6 is 0 Å². The van der Waals surface area contributed by atoms with Crippen molar-refractivity contribution in [2.24, 2.45) is 5.73 Å². The number of carbonyl (C=O) groups excluding carboxylic acids is 2. The van der Waals surface area contributed by atoms with Crippen LogP contribution in [0.2, 0.25) is 0 Å². The molecule has 1 aliphatic rings. The minimum Gasteiger partial charge on any atom is -0.347 e. The molecule has 0 aromatic carbocycles. The van der Waals surface area contributed by atoms with Gasteiger partial charge in [0.15, 0.2) is 5.82 Å². The molecule has 8 nitrogen and oxygen atoms in total. The van der Waals surface area contributed by atoms with Gasteiger partial charge in [0.1, 0.15) is 6.33 Å². The van der Waals surface area contributed by atoms with E-state index in [9.17, 15) is 9.59 Å². The lowest BCUT2D eigenvalue weighted by atomic mass is 10.3. The Hall–Kier alpha value is -1.96. The molecule has 2 heterocycles. The lowest BCUT2D eigenvalue weighted by Gasteiger charge is -2.26. The molecule has 3 N–H and O–H groups in total. The Labute approximate surface area is 97.8 Å². The summed E-state index contributed by atoms with van der Waals surface area (Å²) < 4.78 is 1.86. The van der Waals surface area contributed by atoms with Gasteiger partial charge in [-0.1, -0.05) is 0 Å². The summed E-state index contributed by atoms with van der Waals surface area (Å²) in [6, 6.07) is 0. The minimum atomic E-state index is -0.622. The van der Waals surface area contributed by atoms with Crippen LogP contribution in [-0.4, -0.2) is 51.1 Å². The second kappa shape index (κ2) is 4.91. The Morgan fingerprint density at radius 3 is 3.06 bits per heavy atom. The average Bonchev–Trinajstić information content (AvgIpc) is 2.81. The summed E-state index contributed by atoms with van der Waals surface area (Å²) in [6.45, 7) is 2.02. The molecule has 2 amide bonds. The summed E-state index contributed by atoms with van der Waals surface area (Å²) in [5, 5.41) is 10.1. The van der Waals surface area contributed by atoms with Crippen LogP contribution in [-0.2, 0) is 22.7 Å². The minimum absolute atomic E-state index is 0.300. The van der Waals surface area contributed by atoms with Crippen molar-refractivity contribution in [1.82, 2.24) is 25.0 Å². The second-order valence-corrected chi connectivity index (χ2v) is 3.71. The van der Waals surface area contributed by atoms with E-state index in [-0.39, 0.29) is 0 Å². The highest BCUT2D eigenvalue weighted by molar-refractivity contribution is 6.34. The van der Waals surface area contributed by atoms with Crippen molar-refractivity contribution < 1.29 is 9.59 Å². The molecule has 17 heavy (non-hydrogen) atoms. The van der Waals surface area contributed by atoms with Gasteiger partial charge >= 0.3 is 11.8 Å². The van der Waals surface area contributed by atoms with Gasteiger partial charge in [0.2, 0.25) is 0 Å². The molecule has 0 atom stereocenters. The zero-order valence-electron chi connectivity index (χ0n) is 9.30. The Balaban J connectivity index is 1.96. The molecule has 0 bridgehead atoms. The first-order valence-corrected chi connectivity index (χ1v) is 5.36. The smallest absolute Gasteiger partial charge is 0.312 e. The molecular formula is C9H14N6O2. The number of carbonyl (C=O) groups is 2. The van der Waals surface area contributed by atoms with Gasteiger partial charge in [-0.05, 0) is 0 Å². The number of amides is 2. The normalized spacial score (nSPS) is 14.3. The van der Waals surface area contributed by atoms with E-state index in [2.05, 4.69) is 15.5 Å². The van der Waals surface area contributed by atoms with Crippen LogP contribution in [0.5, 0.6) is 0 Å². The SMILES string of the molecule is NCCNC(=O)C(=O)N1CCn2cnnc2C1. The fourth-order valence-electron chi connectivity index (χ4n) is 1.64. The lowest BCUT2D eigenvalue weighted by Crippen LogP contribution is -2.47. The molecule has 1 aliphatic heterocycles. The molecule has 0 radical (unpaired) electrons. The van der Waals surface area contributed by atoms with Gasteiger partial charge in [0.25, 0.3) is 0 Å². The maximum atomic E-state index is 11.8. The van der Waals surface area contributed by atoms with Crippen molar-refractivity contribution in [3.63, 3.8) is 0 Å². The number of nitrogens with zero attached hydrogens (tertiary/aromatic N) is 4. The van der Waals surface area contributed by atoms with Crippen molar-refractivity contribution in [2.45, 2.75) is 13.1 Å². The lowest BCUT2D eigenvalue weighted by molar-refractivity contribution is -0.146. The quantitative estimate of drug-likeness (QED) is 0.563. The Kier molecular flexibility index (Phi) is 3.33. The van der Waals surface area contributed by atoms with Gasteiger partial charge in [-0.2, -0.15) is 0 Å². The Morgan fingerprint density at radius 2 is 2.29 bits per heavy atom. The highest BCUT2D eigenvalue weighted by Crippen LogP contribution is 2.08. The molecule has 0 saturated heterocycles. The van der Waals surface area contributed by atoms with Crippen LogP contribution in [0.1, 0.15) is 5.82 Å². The van der Waals surface area contributed by atoms with Crippen molar-refractivity contribution >= 4 is 11.8 Å². The number of rotatable bonds is 2. The van der Waals surface area contributed by atoms with Gasteiger partial charge < -0.3 is 20.5 Å². The van der Waals surface area contributed by atoms with E-state index in [1.165, 1.54) is 4.90 Å². The summed E-state index contributed by atoms with van der Waals surface area (Å²) in [4.78, 5) is 24.7. The van der Waals surface area contributed by atoms with E-state index >= 15 is 0 Å². The number of hydrogen-bond acceptors (Lipinski definition) is 5. The largest absolute Gasteiger partial charge is 0.347 e. The van der Waals surface area contributed by atoms with Crippen LogP contribution in [0.3, 0.4) is 0 Å². The number of nitrogens with one attached hydrogen (secondary N) is 1. The van der Waals surface area contributed by atoms with Crippen LogP contribution in [0.4, 0.5) is 0 Å². The molecule has 0 saturated carbocycles. The van der Waals surface area contributed by atoms with E-state index in [0.717, 1.165) is 0 Å². The van der Waals surface area contributed by atoms with E-state index in [1.54, 1.807) is 6.33 Å². The summed E-state index contributed by atoms with van der Waals surface area (Å²) in [7, 11) is 0. The number of aromatic nitrogens is 3. The maximum Gasteiger partial charge on any atom is 0.312 e. The van der Waals surface area contributed by atoms with Gasteiger partial charge in [-0.15, -0.1) is 10.2 Å². The molecule has 0 unspecified atom stereocenters. The van der Waals surface area contributed by atoms with E-state index in [4.69, 9.17) is 5.73 Å². The summed E-state index contributed by atoms with van der Waals surface area (Å²) in [5.41, 5.74) is 5.24. The molecule has 0 aliphatic carbocycles. The molecule has 0 fully saturated rings. The highest BCUT2D eigenvalue weighted by atomic mass is 16.2. The molecule has 0 spiro atoms. The third-order valence-corrected chi connectivity index (χ3v) is 2.55. The maximum absolute atomic E-state index is 11.8. The van der Waals surface area contributed by atoms with Crippen LogP contribution in [0.25, 0.3) is 0 Å². The topological polar surface area (TPSA) is 106 Å². The number of hydrogen-bond donors (Lipinski definition) is 2. The zero-order valence-corrected chi connectivity index (χ0v) is 9.30. The Bertz CT molecular complexity index is 429. The predicted molar refractivity (Wildman–Crippen MR) is 57.5 cm³/mol. The van der Waals surface area contributed by atoms with Crippen molar-refractivity contribution in [2.75, 3.05) is 19.6 Å². The van der Waals surface area contributed by atoms with Crippen molar-refractivity contribution in [3.8, 4) is 0 Å². The third kappa shape index (κ3) is 2.41. The van der Waals surface area contributed by atoms with Crippen LogP contribution in [0.15, 0.2) is 6.33 Å². The van der Waals surface area contributed by atoms with Gasteiger partial charge in [-0.3, -0.25) is 9.59 Å². The molecule has 2 rings (SSSR count). The number of nitrogens with two attached hydrogens (primary N) is 1. The predicted octanol–water partition coefficient (Wildman–Crippen LogP) is -2.30. The van der Waals surface area contributed by atoms with Gasteiger partial charge in [-0.25, -0.2) is 0 Å². The first-order chi connectivity index (χ1) is 8.22. The summed E-state index contributed by atoms with van der Waals surface area (Å²) in [5.74, 6) is -0.479. The highest BCUT2D eigenvalue weighted by Gasteiger charge is 2.26. The Morgan fingerprint density at radius 1 is 1.47 bits per heavy atom. The van der Waals surface area contributed by atoms with Crippen LogP contribution in [0, 0.1) is 0 Å². The fraction of sp³-hybridized carbons (Fsp3) is 0.556. The van der Waals surface area contributed by atoms with Gasteiger partial charge in [0.05, 0.1) is 6.54 Å². The third-order valence-electron chi connectivity index (χ3n) is 2.55. The zero-order chi connectivity index (χ0) is 12.3. The molecule has 1 aromatic heterocycles. The number of fused-ring (bicyclic) bond motifs is 1. The second-order valence-electron chi connectivity index (χ2n) is 3.71. The van der Waals surface area contributed by atoms with Gasteiger partial charge in [0, 0.05) is 26.2 Å². The van der Waals surface area contributed by atoms with E-state index in [1.807, 2.05) is 4.57 Å². The van der Waals surface area contributed by atoms with Crippen molar-refractivity contribution in [1.29, 1.82) is 0 Å². The van der Waals surface area contributed by atoms with E-state index in [0.29, 0.717) is 38.5 Å².